The molecule has 5 N–H and O–H groups in total. The zero-order chi connectivity index (χ0) is 32.7. The molecule has 2 aliphatic heterocycles. The average Bonchev–Trinajstić information content (AvgIpc) is 3.36. The van der Waals surface area contributed by atoms with Crippen molar-refractivity contribution in [3.8, 4) is 0 Å². The van der Waals surface area contributed by atoms with Crippen molar-refractivity contribution in [3.05, 3.63) is 0 Å². The van der Waals surface area contributed by atoms with Gasteiger partial charge in [-0.1, -0.05) is 73.1 Å². The second-order valence-electron chi connectivity index (χ2n) is 15.8. The third kappa shape index (κ3) is 7.20. The highest BCUT2D eigenvalue weighted by molar-refractivity contribution is 8.14. The Balaban J connectivity index is 1.32. The van der Waals surface area contributed by atoms with E-state index >= 15 is 0 Å². The van der Waals surface area contributed by atoms with E-state index in [9.17, 15) is 24.0 Å². The van der Waals surface area contributed by atoms with Crippen molar-refractivity contribution in [2.75, 3.05) is 18.8 Å². The van der Waals surface area contributed by atoms with E-state index in [0.717, 1.165) is 68.7 Å². The van der Waals surface area contributed by atoms with Crippen molar-refractivity contribution < 1.29 is 24.0 Å². The largest absolute Gasteiger partial charge is 0.363 e. The maximum absolute atomic E-state index is 14.4. The van der Waals surface area contributed by atoms with E-state index in [1.807, 2.05) is 20.8 Å². The third-order valence-electron chi connectivity index (χ3n) is 11.1. The van der Waals surface area contributed by atoms with Crippen molar-refractivity contribution in [3.63, 3.8) is 0 Å². The first-order valence-corrected chi connectivity index (χ1v) is 17.8. The van der Waals surface area contributed by atoms with Crippen molar-refractivity contribution >= 4 is 46.3 Å². The van der Waals surface area contributed by atoms with Gasteiger partial charge in [0.05, 0.1) is 11.1 Å². The number of hydrogen-bond donors (Lipinski definition) is 4. The fourth-order valence-electron chi connectivity index (χ4n) is 8.11. The summed E-state index contributed by atoms with van der Waals surface area (Å²) in [6.07, 6.45) is 8.95. The average molecular weight is 645 g/mol. The lowest BCUT2D eigenvalue weighted by Gasteiger charge is -2.41. The maximum Gasteiger partial charge on any atom is 0.315 e. The molecule has 3 saturated carbocycles. The Morgan fingerprint density at radius 1 is 1.04 bits per heavy atom. The Labute approximate surface area is 271 Å². The smallest absolute Gasteiger partial charge is 0.315 e. The summed E-state index contributed by atoms with van der Waals surface area (Å²) in [4.78, 5) is 72.8. The van der Waals surface area contributed by atoms with Crippen molar-refractivity contribution in [2.24, 2.45) is 39.3 Å². The first-order valence-electron chi connectivity index (χ1n) is 16.8. The topological polar surface area (TPSA) is 163 Å². The molecule has 5 rings (SSSR count). The maximum atomic E-state index is 14.4. The predicted molar refractivity (Wildman–Crippen MR) is 174 cm³/mol. The molecule has 0 radical (unpaired) electrons. The van der Waals surface area contributed by atoms with Crippen LogP contribution in [0.4, 0.5) is 4.79 Å². The molecular formula is C33H52N6O5S. The van der Waals surface area contributed by atoms with Crippen LogP contribution in [0.2, 0.25) is 0 Å². The molecule has 3 aliphatic carbocycles. The van der Waals surface area contributed by atoms with Crippen LogP contribution in [0.1, 0.15) is 98.8 Å². The fourth-order valence-corrected chi connectivity index (χ4v) is 9.09. The van der Waals surface area contributed by atoms with Gasteiger partial charge in [-0.3, -0.25) is 24.2 Å². The van der Waals surface area contributed by atoms with Gasteiger partial charge in [0, 0.05) is 30.8 Å². The monoisotopic (exact) mass is 644 g/mol. The molecule has 5 aliphatic rings. The summed E-state index contributed by atoms with van der Waals surface area (Å²) in [7, 11) is 0. The summed E-state index contributed by atoms with van der Waals surface area (Å²) < 4.78 is 0. The Bertz CT molecular complexity index is 1230. The zero-order valence-electron chi connectivity index (χ0n) is 27.6. The van der Waals surface area contributed by atoms with Gasteiger partial charge in [-0.05, 0) is 47.8 Å². The molecule has 5 amide bonds. The van der Waals surface area contributed by atoms with Crippen LogP contribution in [0.3, 0.4) is 0 Å². The standard InChI is InChI=1S/C33H52N6O5S/c1-31(2,3)26(37-30(44)38-33(12-7-6-8-13-33)17-22-35-14-15-45-22)29(43)39-18-20-23(32(20,4)5)24(39)28(42)36-21(25(40)27(34)41)16-19-10-9-11-19/h19-21,23-24,26H,6-18H2,1-5H3,(H2,34,41)(H,36,42)(H2,37,38,44)/t20-,21?,23-,24-,26+/m0/s1. The summed E-state index contributed by atoms with van der Waals surface area (Å²) >= 11 is 1.76. The number of ketones is 1. The van der Waals surface area contributed by atoms with Crippen LogP contribution in [0.5, 0.6) is 0 Å². The molecule has 0 bridgehead atoms. The lowest BCUT2D eigenvalue weighted by Crippen LogP contribution is -2.63. The molecule has 12 heteroatoms. The quantitative estimate of drug-likeness (QED) is 0.253. The molecule has 5 atom stereocenters. The minimum absolute atomic E-state index is 0.0841. The van der Waals surface area contributed by atoms with E-state index in [2.05, 4.69) is 34.8 Å². The summed E-state index contributed by atoms with van der Waals surface area (Å²) in [5.41, 5.74) is 4.17. The fraction of sp³-hybridized carbons (Fsp3) is 0.818. The van der Waals surface area contributed by atoms with E-state index < -0.39 is 46.7 Å². The molecular weight excluding hydrogens is 592 g/mol. The van der Waals surface area contributed by atoms with Crippen LogP contribution in [-0.4, -0.2) is 82.0 Å². The number of aliphatic imine (C=N–C) groups is 1. The lowest BCUT2D eigenvalue weighted by molar-refractivity contribution is -0.145. The Morgan fingerprint density at radius 2 is 1.73 bits per heavy atom. The number of primary amides is 1. The number of urea groups is 1. The molecule has 0 aromatic carbocycles. The number of likely N-dealkylation sites (tertiary alicyclic amines) is 1. The Kier molecular flexibility index (Phi) is 9.65. The second kappa shape index (κ2) is 12.9. The molecule has 0 aromatic heterocycles. The number of rotatable bonds is 11. The van der Waals surface area contributed by atoms with Crippen LogP contribution in [0, 0.1) is 28.6 Å². The van der Waals surface area contributed by atoms with Gasteiger partial charge in [-0.2, -0.15) is 0 Å². The van der Waals surface area contributed by atoms with E-state index in [4.69, 9.17) is 5.73 Å². The van der Waals surface area contributed by atoms with E-state index in [1.54, 1.807) is 16.7 Å². The first kappa shape index (κ1) is 33.7. The number of carbonyl (C=O) groups excluding carboxylic acids is 5. The normalized spacial score (nSPS) is 28.2. The molecule has 250 valence electrons. The van der Waals surface area contributed by atoms with E-state index in [0.29, 0.717) is 19.4 Å². The number of nitrogens with two attached hydrogens (primary N) is 1. The van der Waals surface area contributed by atoms with Crippen LogP contribution in [0.15, 0.2) is 4.99 Å². The summed E-state index contributed by atoms with van der Waals surface area (Å²) in [6.45, 7) is 11.1. The van der Waals surface area contributed by atoms with Gasteiger partial charge >= 0.3 is 6.03 Å². The number of piperidine rings is 1. The Morgan fingerprint density at radius 3 is 2.29 bits per heavy atom. The molecule has 1 saturated heterocycles. The highest BCUT2D eigenvalue weighted by Gasteiger charge is 2.70. The molecule has 4 fully saturated rings. The number of Topliss-reactive ketones (excluding diaryl/α,β-unsaturated/α-hetero) is 1. The minimum atomic E-state index is -1.07. The van der Waals surface area contributed by atoms with E-state index in [-0.39, 0.29) is 35.1 Å². The van der Waals surface area contributed by atoms with Gasteiger partial charge in [0.2, 0.25) is 17.6 Å². The van der Waals surface area contributed by atoms with Crippen molar-refractivity contribution in [1.82, 2.24) is 20.9 Å². The van der Waals surface area contributed by atoms with Crippen LogP contribution < -0.4 is 21.7 Å². The summed E-state index contributed by atoms with van der Waals surface area (Å²) in [5, 5.41) is 10.2. The number of nitrogens with zero attached hydrogens (tertiary/aromatic N) is 2. The van der Waals surface area contributed by atoms with Gasteiger partial charge < -0.3 is 26.6 Å². The van der Waals surface area contributed by atoms with Gasteiger partial charge in [-0.15, -0.1) is 11.8 Å². The van der Waals surface area contributed by atoms with Gasteiger partial charge in [-0.25, -0.2) is 4.79 Å². The second-order valence-corrected chi connectivity index (χ2v) is 16.9. The van der Waals surface area contributed by atoms with Gasteiger partial charge in [0.15, 0.2) is 0 Å². The predicted octanol–water partition coefficient (Wildman–Crippen LogP) is 3.15. The number of carbonyl (C=O) groups is 5. The van der Waals surface area contributed by atoms with Gasteiger partial charge in [0.1, 0.15) is 12.1 Å². The molecule has 45 heavy (non-hydrogen) atoms. The summed E-state index contributed by atoms with van der Waals surface area (Å²) in [5.74, 6) is -1.36. The van der Waals surface area contributed by atoms with Crippen LogP contribution in [-0.2, 0) is 19.2 Å². The van der Waals surface area contributed by atoms with Crippen LogP contribution >= 0.6 is 11.8 Å². The lowest BCUT2D eigenvalue weighted by atomic mass is 9.79. The molecule has 11 nitrogen and oxygen atoms in total. The number of hydrogen-bond acceptors (Lipinski definition) is 7. The van der Waals surface area contributed by atoms with Crippen molar-refractivity contribution in [2.45, 2.75) is 122 Å². The van der Waals surface area contributed by atoms with Crippen molar-refractivity contribution in [1.29, 1.82) is 0 Å². The number of amides is 5. The molecule has 2 heterocycles. The SMILES string of the molecule is CC(C)(C)[C@H](NC(=O)NC1(CC2=NCCS2)CCCCC1)C(=O)N1C[C@H]2[C@@H]([C@H]1C(=O)NC(CC1CCC1)C(=O)C(N)=O)C2(C)C. The highest BCUT2D eigenvalue weighted by atomic mass is 32.2. The molecule has 1 unspecified atom stereocenters. The number of nitrogens with one attached hydrogen (secondary N) is 3. The highest BCUT2D eigenvalue weighted by Crippen LogP contribution is 2.65. The first-order chi connectivity index (χ1) is 21.1. The Hall–Kier alpha value is -2.63. The zero-order valence-corrected chi connectivity index (χ0v) is 28.4. The molecule has 0 spiro atoms. The molecule has 0 aromatic rings. The number of fused-ring (bicyclic) bond motifs is 1. The van der Waals surface area contributed by atoms with Gasteiger partial charge in [0.25, 0.3) is 5.91 Å². The van der Waals surface area contributed by atoms with E-state index in [1.165, 1.54) is 0 Å². The third-order valence-corrected chi connectivity index (χ3v) is 12.1. The van der Waals surface area contributed by atoms with Crippen LogP contribution in [0.25, 0.3) is 0 Å². The minimum Gasteiger partial charge on any atom is -0.363 e. The summed E-state index contributed by atoms with van der Waals surface area (Å²) in [6, 6.07) is -3.08. The number of thioether (sulfide) groups is 1.